The molecule has 1 aliphatic rings. The molecule has 0 aliphatic carbocycles. The summed E-state index contributed by atoms with van der Waals surface area (Å²) in [5.74, 6) is 0. The summed E-state index contributed by atoms with van der Waals surface area (Å²) >= 11 is 0. The van der Waals surface area contributed by atoms with Gasteiger partial charge in [-0.3, -0.25) is 4.90 Å². The molecule has 10 heavy (non-hydrogen) atoms. The predicted octanol–water partition coefficient (Wildman–Crippen LogP) is -0.173. The van der Waals surface area contributed by atoms with Crippen LogP contribution in [0.25, 0.3) is 0 Å². The number of rotatable bonds is 3. The lowest BCUT2D eigenvalue weighted by Crippen LogP contribution is -2.34. The van der Waals surface area contributed by atoms with Gasteiger partial charge in [0.15, 0.2) is 0 Å². The fourth-order valence-corrected chi connectivity index (χ4v) is 1.25. The summed E-state index contributed by atoms with van der Waals surface area (Å²) in [6, 6.07) is 0.134. The van der Waals surface area contributed by atoms with Gasteiger partial charge in [-0.2, -0.15) is 0 Å². The highest BCUT2D eigenvalue weighted by molar-refractivity contribution is 5.57. The Hall–Kier alpha value is -0.410. The molecule has 0 amide bonds. The zero-order chi connectivity index (χ0) is 7.40. The topological polar surface area (TPSA) is 32.3 Å². The largest absolute Gasteiger partial charge is 0.303 e. The van der Waals surface area contributed by atoms with E-state index in [1.807, 2.05) is 6.92 Å². The van der Waals surface area contributed by atoms with E-state index in [1.165, 1.54) is 0 Å². The normalized spacial score (nSPS) is 22.9. The zero-order valence-electron chi connectivity index (χ0n) is 6.34. The van der Waals surface area contributed by atoms with Crippen LogP contribution in [0.15, 0.2) is 0 Å². The molecule has 1 atom stereocenters. The van der Waals surface area contributed by atoms with Crippen molar-refractivity contribution < 1.29 is 4.79 Å². The second-order valence-corrected chi connectivity index (χ2v) is 2.58. The minimum atomic E-state index is 0.134. The van der Waals surface area contributed by atoms with E-state index in [9.17, 15) is 4.79 Å². The van der Waals surface area contributed by atoms with Crippen LogP contribution in [0.2, 0.25) is 0 Å². The number of carbonyl (C=O) groups is 1. The maximum atomic E-state index is 10.5. The maximum absolute atomic E-state index is 10.5. The van der Waals surface area contributed by atoms with Crippen LogP contribution in [0.3, 0.4) is 0 Å². The molecule has 1 heterocycles. The molecular weight excluding hydrogens is 128 g/mol. The Morgan fingerprint density at radius 3 is 3.00 bits per heavy atom. The highest BCUT2D eigenvalue weighted by Crippen LogP contribution is 2.02. The summed E-state index contributed by atoms with van der Waals surface area (Å²) in [5, 5.41) is 3.19. The lowest BCUT2D eigenvalue weighted by molar-refractivity contribution is -0.112. The minimum Gasteiger partial charge on any atom is -0.303 e. The van der Waals surface area contributed by atoms with Gasteiger partial charge in [0, 0.05) is 19.8 Å². The standard InChI is InChI=1S/C7H14N2O/c1-2-7(5-10)9-4-3-8-6-9/h5,7-8H,2-4,6H2,1H3. The van der Waals surface area contributed by atoms with E-state index in [4.69, 9.17) is 0 Å². The van der Waals surface area contributed by atoms with Gasteiger partial charge in [-0.05, 0) is 6.42 Å². The van der Waals surface area contributed by atoms with E-state index in [1.54, 1.807) is 0 Å². The molecule has 0 aromatic carbocycles. The summed E-state index contributed by atoms with van der Waals surface area (Å²) in [7, 11) is 0. The highest BCUT2D eigenvalue weighted by Gasteiger charge is 2.18. The zero-order valence-corrected chi connectivity index (χ0v) is 6.34. The van der Waals surface area contributed by atoms with Crippen molar-refractivity contribution >= 4 is 6.29 Å². The molecule has 1 fully saturated rings. The average molecular weight is 142 g/mol. The van der Waals surface area contributed by atoms with Crippen LogP contribution < -0.4 is 5.32 Å². The molecule has 1 unspecified atom stereocenters. The van der Waals surface area contributed by atoms with Gasteiger partial charge in [0.2, 0.25) is 0 Å². The molecule has 3 heteroatoms. The van der Waals surface area contributed by atoms with Crippen molar-refractivity contribution in [3.05, 3.63) is 0 Å². The molecule has 0 bridgehead atoms. The first-order valence-electron chi connectivity index (χ1n) is 3.78. The molecule has 0 spiro atoms. The SMILES string of the molecule is CCC(C=O)N1CCNC1. The van der Waals surface area contributed by atoms with Crippen molar-refractivity contribution in [3.8, 4) is 0 Å². The van der Waals surface area contributed by atoms with Crippen molar-refractivity contribution in [1.29, 1.82) is 0 Å². The highest BCUT2D eigenvalue weighted by atomic mass is 16.1. The van der Waals surface area contributed by atoms with Crippen molar-refractivity contribution in [2.24, 2.45) is 0 Å². The Bertz CT molecular complexity index is 110. The number of carbonyl (C=O) groups excluding carboxylic acids is 1. The Kier molecular flexibility index (Phi) is 2.83. The van der Waals surface area contributed by atoms with Gasteiger partial charge in [-0.25, -0.2) is 0 Å². The second-order valence-electron chi connectivity index (χ2n) is 2.58. The van der Waals surface area contributed by atoms with Gasteiger partial charge in [0.05, 0.1) is 6.04 Å². The predicted molar refractivity (Wildman–Crippen MR) is 39.7 cm³/mol. The van der Waals surface area contributed by atoms with Crippen LogP contribution in [-0.2, 0) is 4.79 Å². The van der Waals surface area contributed by atoms with Crippen molar-refractivity contribution in [2.45, 2.75) is 19.4 Å². The summed E-state index contributed by atoms with van der Waals surface area (Å²) in [4.78, 5) is 12.6. The molecule has 1 N–H and O–H groups in total. The summed E-state index contributed by atoms with van der Waals surface area (Å²) in [6.45, 7) is 4.94. The Balaban J connectivity index is 2.36. The van der Waals surface area contributed by atoms with E-state index >= 15 is 0 Å². The Morgan fingerprint density at radius 1 is 1.80 bits per heavy atom. The fraction of sp³-hybridized carbons (Fsp3) is 0.857. The molecule has 1 rings (SSSR count). The van der Waals surface area contributed by atoms with Gasteiger partial charge >= 0.3 is 0 Å². The molecule has 1 saturated heterocycles. The van der Waals surface area contributed by atoms with Gasteiger partial charge in [0.1, 0.15) is 6.29 Å². The third-order valence-electron chi connectivity index (χ3n) is 1.94. The first-order chi connectivity index (χ1) is 4.88. The summed E-state index contributed by atoms with van der Waals surface area (Å²) in [5.41, 5.74) is 0. The summed E-state index contributed by atoms with van der Waals surface area (Å²) < 4.78 is 0. The molecule has 3 nitrogen and oxygen atoms in total. The second kappa shape index (κ2) is 3.68. The third kappa shape index (κ3) is 1.55. The van der Waals surface area contributed by atoms with Crippen LogP contribution in [0.5, 0.6) is 0 Å². The lowest BCUT2D eigenvalue weighted by atomic mass is 10.2. The third-order valence-corrected chi connectivity index (χ3v) is 1.94. The first kappa shape index (κ1) is 7.69. The van der Waals surface area contributed by atoms with Crippen molar-refractivity contribution in [2.75, 3.05) is 19.8 Å². The monoisotopic (exact) mass is 142 g/mol. The maximum Gasteiger partial charge on any atom is 0.137 e. The van der Waals surface area contributed by atoms with E-state index in [0.717, 1.165) is 32.5 Å². The number of aldehydes is 1. The molecular formula is C7H14N2O. The van der Waals surface area contributed by atoms with Gasteiger partial charge in [0.25, 0.3) is 0 Å². The van der Waals surface area contributed by atoms with Gasteiger partial charge in [-0.15, -0.1) is 0 Å². The van der Waals surface area contributed by atoms with Crippen LogP contribution >= 0.6 is 0 Å². The average Bonchev–Trinajstić information content (AvgIpc) is 2.43. The van der Waals surface area contributed by atoms with E-state index in [2.05, 4.69) is 10.2 Å². The van der Waals surface area contributed by atoms with Crippen LogP contribution in [0.1, 0.15) is 13.3 Å². The molecule has 0 saturated carbocycles. The van der Waals surface area contributed by atoms with Crippen LogP contribution in [0, 0.1) is 0 Å². The number of hydrogen-bond acceptors (Lipinski definition) is 3. The Morgan fingerprint density at radius 2 is 2.60 bits per heavy atom. The fourth-order valence-electron chi connectivity index (χ4n) is 1.25. The first-order valence-corrected chi connectivity index (χ1v) is 3.78. The molecule has 58 valence electrons. The number of nitrogens with zero attached hydrogens (tertiary/aromatic N) is 1. The summed E-state index contributed by atoms with van der Waals surface area (Å²) in [6.07, 6.45) is 1.96. The van der Waals surface area contributed by atoms with E-state index in [-0.39, 0.29) is 6.04 Å². The van der Waals surface area contributed by atoms with E-state index in [0.29, 0.717) is 0 Å². The number of nitrogens with one attached hydrogen (secondary N) is 1. The van der Waals surface area contributed by atoms with Crippen LogP contribution in [-0.4, -0.2) is 37.0 Å². The van der Waals surface area contributed by atoms with Crippen LogP contribution in [0.4, 0.5) is 0 Å². The Labute approximate surface area is 61.4 Å². The number of hydrogen-bond donors (Lipinski definition) is 1. The minimum absolute atomic E-state index is 0.134. The lowest BCUT2D eigenvalue weighted by Gasteiger charge is -2.19. The van der Waals surface area contributed by atoms with Crippen molar-refractivity contribution in [3.63, 3.8) is 0 Å². The molecule has 0 aromatic rings. The molecule has 1 aliphatic heterocycles. The van der Waals surface area contributed by atoms with Gasteiger partial charge < -0.3 is 10.1 Å². The molecule has 0 aromatic heterocycles. The smallest absolute Gasteiger partial charge is 0.137 e. The quantitative estimate of drug-likeness (QED) is 0.555. The van der Waals surface area contributed by atoms with Gasteiger partial charge in [-0.1, -0.05) is 6.92 Å². The molecule has 0 radical (unpaired) electrons. The van der Waals surface area contributed by atoms with E-state index < -0.39 is 0 Å². The van der Waals surface area contributed by atoms with Crippen molar-refractivity contribution in [1.82, 2.24) is 10.2 Å².